The van der Waals surface area contributed by atoms with Crippen LogP contribution >= 0.6 is 0 Å². The Bertz CT molecular complexity index is 625. The van der Waals surface area contributed by atoms with Crippen molar-refractivity contribution in [2.45, 2.75) is 0 Å². The predicted octanol–water partition coefficient (Wildman–Crippen LogP) is 2.42. The second-order valence-electron chi connectivity index (χ2n) is 3.47. The van der Waals surface area contributed by atoms with Crippen LogP contribution < -0.4 is 5.32 Å². The number of aromatic nitrogens is 2. The van der Waals surface area contributed by atoms with E-state index in [1.54, 1.807) is 24.7 Å². The number of imidazole rings is 1. The van der Waals surface area contributed by atoms with E-state index < -0.39 is 0 Å². The highest BCUT2D eigenvalue weighted by atomic mass is 14.9. The quantitative estimate of drug-likeness (QED) is 0.799. The standard InChI is InChI=1S/C13H9N5/c14-5-10(6-15)7-17-12-3-1-2-11(4-12)13-8-16-9-18-13/h1-4,7-9,17H,(H,16,18). The summed E-state index contributed by atoms with van der Waals surface area (Å²) in [6, 6.07) is 11.1. The van der Waals surface area contributed by atoms with Crippen molar-refractivity contribution in [3.63, 3.8) is 0 Å². The maximum Gasteiger partial charge on any atom is 0.145 e. The number of nitrogens with one attached hydrogen (secondary N) is 2. The first-order valence-electron chi connectivity index (χ1n) is 5.19. The van der Waals surface area contributed by atoms with Crippen LogP contribution in [0.4, 0.5) is 5.69 Å². The molecule has 0 amide bonds. The molecule has 0 fully saturated rings. The summed E-state index contributed by atoms with van der Waals surface area (Å²) >= 11 is 0. The number of rotatable bonds is 3. The van der Waals surface area contributed by atoms with Crippen molar-refractivity contribution in [1.29, 1.82) is 10.5 Å². The molecule has 1 aromatic heterocycles. The largest absolute Gasteiger partial charge is 0.360 e. The monoisotopic (exact) mass is 235 g/mol. The molecule has 0 saturated heterocycles. The van der Waals surface area contributed by atoms with Crippen LogP contribution in [0.2, 0.25) is 0 Å². The van der Waals surface area contributed by atoms with E-state index in [-0.39, 0.29) is 5.57 Å². The summed E-state index contributed by atoms with van der Waals surface area (Å²) in [5, 5.41) is 20.1. The molecule has 0 radical (unpaired) electrons. The molecule has 0 spiro atoms. The van der Waals surface area contributed by atoms with Gasteiger partial charge < -0.3 is 10.3 Å². The maximum absolute atomic E-state index is 8.61. The first-order valence-corrected chi connectivity index (χ1v) is 5.19. The van der Waals surface area contributed by atoms with Gasteiger partial charge >= 0.3 is 0 Å². The Morgan fingerprint density at radius 2 is 2.17 bits per heavy atom. The smallest absolute Gasteiger partial charge is 0.145 e. The number of H-pyrrole nitrogens is 1. The van der Waals surface area contributed by atoms with Crippen LogP contribution in [0.3, 0.4) is 0 Å². The summed E-state index contributed by atoms with van der Waals surface area (Å²) in [5.74, 6) is 0. The fourth-order valence-corrected chi connectivity index (χ4v) is 1.44. The van der Waals surface area contributed by atoms with Gasteiger partial charge in [-0.15, -0.1) is 0 Å². The highest BCUT2D eigenvalue weighted by Gasteiger charge is 1.99. The summed E-state index contributed by atoms with van der Waals surface area (Å²) in [4.78, 5) is 6.96. The Hall–Kier alpha value is -3.05. The second-order valence-corrected chi connectivity index (χ2v) is 3.47. The van der Waals surface area contributed by atoms with Gasteiger partial charge in [-0.2, -0.15) is 10.5 Å². The molecule has 0 saturated carbocycles. The van der Waals surface area contributed by atoms with Gasteiger partial charge in [0.15, 0.2) is 0 Å². The zero-order valence-electron chi connectivity index (χ0n) is 9.38. The van der Waals surface area contributed by atoms with E-state index in [0.29, 0.717) is 0 Å². The third kappa shape index (κ3) is 2.55. The molecule has 1 aromatic carbocycles. The van der Waals surface area contributed by atoms with Gasteiger partial charge in [0, 0.05) is 17.5 Å². The van der Waals surface area contributed by atoms with Gasteiger partial charge in [0.25, 0.3) is 0 Å². The summed E-state index contributed by atoms with van der Waals surface area (Å²) in [6.07, 6.45) is 4.72. The minimum atomic E-state index is 0.0296. The normalized spacial score (nSPS) is 9.00. The van der Waals surface area contributed by atoms with Gasteiger partial charge in [-0.25, -0.2) is 4.98 Å². The molecule has 0 unspecified atom stereocenters. The minimum Gasteiger partial charge on any atom is -0.360 e. The third-order valence-corrected chi connectivity index (χ3v) is 2.30. The molecule has 5 heteroatoms. The summed E-state index contributed by atoms with van der Waals surface area (Å²) in [6.45, 7) is 0. The van der Waals surface area contributed by atoms with E-state index in [2.05, 4.69) is 15.3 Å². The Labute approximate surface area is 104 Å². The molecule has 0 aliphatic rings. The Kier molecular flexibility index (Phi) is 3.39. The van der Waals surface area contributed by atoms with Crippen molar-refractivity contribution < 1.29 is 0 Å². The van der Waals surface area contributed by atoms with Crippen molar-refractivity contribution in [3.8, 4) is 23.4 Å². The number of hydrogen-bond acceptors (Lipinski definition) is 4. The molecule has 2 rings (SSSR count). The van der Waals surface area contributed by atoms with Crippen LogP contribution in [-0.2, 0) is 0 Å². The summed E-state index contributed by atoms with van der Waals surface area (Å²) in [5.41, 5.74) is 2.71. The van der Waals surface area contributed by atoms with Crippen molar-refractivity contribution >= 4 is 5.69 Å². The first-order chi connectivity index (χ1) is 8.83. The topological polar surface area (TPSA) is 88.3 Å². The van der Waals surface area contributed by atoms with Crippen LogP contribution in [0.5, 0.6) is 0 Å². The molecule has 18 heavy (non-hydrogen) atoms. The number of nitrogens with zero attached hydrogens (tertiary/aromatic N) is 3. The number of aromatic amines is 1. The molecule has 0 aliphatic carbocycles. The lowest BCUT2D eigenvalue weighted by Gasteiger charge is -2.03. The van der Waals surface area contributed by atoms with Gasteiger partial charge in [0.1, 0.15) is 17.7 Å². The molecular weight excluding hydrogens is 226 g/mol. The lowest BCUT2D eigenvalue weighted by molar-refractivity contribution is 1.31. The SMILES string of the molecule is N#CC(C#N)=CNc1cccc(-c2cnc[nH]2)c1. The average molecular weight is 235 g/mol. The van der Waals surface area contributed by atoms with Crippen LogP contribution in [0, 0.1) is 22.7 Å². The lowest BCUT2D eigenvalue weighted by atomic mass is 10.1. The van der Waals surface area contributed by atoms with E-state index >= 15 is 0 Å². The Morgan fingerprint density at radius 1 is 1.33 bits per heavy atom. The fourth-order valence-electron chi connectivity index (χ4n) is 1.44. The highest BCUT2D eigenvalue weighted by molar-refractivity contribution is 5.65. The van der Waals surface area contributed by atoms with Crippen molar-refractivity contribution in [1.82, 2.24) is 9.97 Å². The van der Waals surface area contributed by atoms with E-state index in [9.17, 15) is 0 Å². The van der Waals surface area contributed by atoms with Gasteiger partial charge in [0.2, 0.25) is 0 Å². The number of allylic oxidation sites excluding steroid dienone is 1. The van der Waals surface area contributed by atoms with Gasteiger partial charge in [-0.05, 0) is 12.1 Å². The van der Waals surface area contributed by atoms with Crippen molar-refractivity contribution in [2.75, 3.05) is 5.32 Å². The highest BCUT2D eigenvalue weighted by Crippen LogP contribution is 2.20. The summed E-state index contributed by atoms with van der Waals surface area (Å²) in [7, 11) is 0. The number of anilines is 1. The van der Waals surface area contributed by atoms with Gasteiger partial charge in [-0.3, -0.25) is 0 Å². The average Bonchev–Trinajstić information content (AvgIpc) is 2.94. The Morgan fingerprint density at radius 3 is 2.83 bits per heavy atom. The molecule has 1 heterocycles. The predicted molar refractivity (Wildman–Crippen MR) is 67.0 cm³/mol. The molecule has 2 aromatic rings. The summed E-state index contributed by atoms with van der Waals surface area (Å²) < 4.78 is 0. The zero-order chi connectivity index (χ0) is 12.8. The molecule has 0 bridgehead atoms. The first kappa shape index (κ1) is 11.4. The molecule has 2 N–H and O–H groups in total. The molecule has 5 nitrogen and oxygen atoms in total. The van der Waals surface area contributed by atoms with Crippen LogP contribution in [0.15, 0.2) is 48.6 Å². The van der Waals surface area contributed by atoms with Crippen molar-refractivity contribution in [3.05, 3.63) is 48.6 Å². The van der Waals surface area contributed by atoms with E-state index in [0.717, 1.165) is 16.9 Å². The van der Waals surface area contributed by atoms with Crippen molar-refractivity contribution in [2.24, 2.45) is 0 Å². The fraction of sp³-hybridized carbons (Fsp3) is 0. The molecule has 86 valence electrons. The van der Waals surface area contributed by atoms with E-state index in [4.69, 9.17) is 10.5 Å². The molecule has 0 atom stereocenters. The molecular formula is C13H9N5. The Balaban J connectivity index is 2.22. The second kappa shape index (κ2) is 5.33. The molecule has 0 aliphatic heterocycles. The maximum atomic E-state index is 8.61. The minimum absolute atomic E-state index is 0.0296. The number of hydrogen-bond donors (Lipinski definition) is 2. The van der Waals surface area contributed by atoms with Crippen LogP contribution in [-0.4, -0.2) is 9.97 Å². The number of benzene rings is 1. The lowest BCUT2D eigenvalue weighted by Crippen LogP contribution is -1.90. The van der Waals surface area contributed by atoms with Crippen LogP contribution in [0.25, 0.3) is 11.3 Å². The zero-order valence-corrected chi connectivity index (χ0v) is 9.38. The van der Waals surface area contributed by atoms with Crippen LogP contribution in [0.1, 0.15) is 0 Å². The number of nitriles is 2. The third-order valence-electron chi connectivity index (χ3n) is 2.30. The van der Waals surface area contributed by atoms with E-state index in [1.807, 2.05) is 24.3 Å². The van der Waals surface area contributed by atoms with E-state index in [1.165, 1.54) is 6.20 Å². The van der Waals surface area contributed by atoms with Gasteiger partial charge in [-0.1, -0.05) is 12.1 Å². The van der Waals surface area contributed by atoms with Gasteiger partial charge in [0.05, 0.1) is 18.2 Å².